The molecule has 0 heterocycles. The van der Waals surface area contributed by atoms with Crippen molar-refractivity contribution in [3.63, 3.8) is 0 Å². The van der Waals surface area contributed by atoms with E-state index in [1.165, 1.54) is 0 Å². The van der Waals surface area contributed by atoms with Crippen LogP contribution in [0.1, 0.15) is 37.7 Å². The number of halogens is 1. The Morgan fingerprint density at radius 1 is 1.33 bits per heavy atom. The predicted octanol–water partition coefficient (Wildman–Crippen LogP) is 2.92. The highest BCUT2D eigenvalue weighted by Crippen LogP contribution is 2.26. The molecule has 4 nitrogen and oxygen atoms in total. The van der Waals surface area contributed by atoms with Crippen LogP contribution in [-0.4, -0.2) is 11.9 Å². The van der Waals surface area contributed by atoms with Crippen LogP contribution in [0.4, 0.5) is 4.79 Å². The summed E-state index contributed by atoms with van der Waals surface area (Å²) in [4.78, 5) is 22.2. The van der Waals surface area contributed by atoms with Gasteiger partial charge in [-0.05, 0) is 30.0 Å². The molecule has 0 bridgehead atoms. The number of primary amides is 1. The summed E-state index contributed by atoms with van der Waals surface area (Å²) in [7, 11) is 0. The molecule has 98 valence electrons. The zero-order valence-electron chi connectivity index (χ0n) is 10.3. The van der Waals surface area contributed by atoms with Crippen LogP contribution in [0, 0.1) is 0 Å². The predicted molar refractivity (Wildman–Crippen MR) is 74.1 cm³/mol. The van der Waals surface area contributed by atoms with Gasteiger partial charge in [-0.3, -0.25) is 10.1 Å². The van der Waals surface area contributed by atoms with Gasteiger partial charge >= 0.3 is 6.03 Å². The first kappa shape index (κ1) is 14.7. The van der Waals surface area contributed by atoms with E-state index in [4.69, 9.17) is 5.73 Å². The zero-order valence-corrected chi connectivity index (χ0v) is 11.9. The lowest BCUT2D eigenvalue weighted by Gasteiger charge is -2.15. The van der Waals surface area contributed by atoms with Gasteiger partial charge in [0.05, 0.1) is 0 Å². The molecule has 5 heteroatoms. The lowest BCUT2D eigenvalue weighted by molar-refractivity contribution is -0.120. The van der Waals surface area contributed by atoms with E-state index in [2.05, 4.69) is 28.2 Å². The van der Waals surface area contributed by atoms with E-state index < -0.39 is 6.03 Å². The lowest BCUT2D eigenvalue weighted by atomic mass is 9.91. The molecule has 1 aromatic rings. The lowest BCUT2D eigenvalue weighted by Crippen LogP contribution is -2.35. The first-order chi connectivity index (χ1) is 8.52. The maximum Gasteiger partial charge on any atom is 0.318 e. The van der Waals surface area contributed by atoms with Crippen LogP contribution in [0.5, 0.6) is 0 Å². The molecule has 0 saturated carbocycles. The number of imide groups is 1. The Hall–Kier alpha value is -1.36. The number of nitrogens with one attached hydrogen (secondary N) is 1. The van der Waals surface area contributed by atoms with E-state index in [0.29, 0.717) is 0 Å². The molecule has 0 aromatic heterocycles. The molecule has 1 aromatic carbocycles. The van der Waals surface area contributed by atoms with Crippen LogP contribution in [0.25, 0.3) is 0 Å². The fraction of sp³-hybridized carbons (Fsp3) is 0.385. The summed E-state index contributed by atoms with van der Waals surface area (Å²) in [6.07, 6.45) is 2.15. The normalized spacial score (nSPS) is 11.9. The highest BCUT2D eigenvalue weighted by Gasteiger charge is 2.16. The van der Waals surface area contributed by atoms with Gasteiger partial charge in [0.2, 0.25) is 5.91 Å². The molecule has 0 saturated heterocycles. The van der Waals surface area contributed by atoms with Gasteiger partial charge in [0.15, 0.2) is 0 Å². The minimum atomic E-state index is -0.800. The maximum absolute atomic E-state index is 11.6. The van der Waals surface area contributed by atoms with Crippen molar-refractivity contribution in [2.75, 3.05) is 0 Å². The largest absolute Gasteiger partial charge is 0.351 e. The van der Waals surface area contributed by atoms with E-state index in [-0.39, 0.29) is 18.2 Å². The van der Waals surface area contributed by atoms with E-state index in [0.717, 1.165) is 22.9 Å². The number of benzene rings is 1. The fourth-order valence-electron chi connectivity index (χ4n) is 1.88. The van der Waals surface area contributed by atoms with Crippen molar-refractivity contribution < 1.29 is 9.59 Å². The average molecular weight is 313 g/mol. The average Bonchev–Trinajstić information content (AvgIpc) is 2.28. The number of rotatable bonds is 5. The molecule has 1 atom stereocenters. The molecule has 0 radical (unpaired) electrons. The molecule has 0 aliphatic heterocycles. The quantitative estimate of drug-likeness (QED) is 0.877. The second-order valence-electron chi connectivity index (χ2n) is 4.15. The molecule has 0 fully saturated rings. The van der Waals surface area contributed by atoms with Gasteiger partial charge in [-0.1, -0.05) is 41.4 Å². The molecule has 0 unspecified atom stereocenters. The van der Waals surface area contributed by atoms with Crippen LogP contribution in [-0.2, 0) is 4.79 Å². The maximum atomic E-state index is 11.6. The van der Waals surface area contributed by atoms with Crippen LogP contribution < -0.4 is 11.1 Å². The smallest absolute Gasteiger partial charge is 0.318 e. The number of hydrogen-bond donors (Lipinski definition) is 2. The van der Waals surface area contributed by atoms with Gasteiger partial charge in [-0.2, -0.15) is 0 Å². The van der Waals surface area contributed by atoms with E-state index >= 15 is 0 Å². The molecule has 3 N–H and O–H groups in total. The van der Waals surface area contributed by atoms with Crippen molar-refractivity contribution in [3.05, 3.63) is 34.3 Å². The molecular formula is C13H17BrN2O2. The molecule has 3 amide bonds. The van der Waals surface area contributed by atoms with Crippen molar-refractivity contribution in [1.82, 2.24) is 5.32 Å². The summed E-state index contributed by atoms with van der Waals surface area (Å²) >= 11 is 3.38. The van der Waals surface area contributed by atoms with Crippen LogP contribution in [0.2, 0.25) is 0 Å². The molecular weight excluding hydrogens is 296 g/mol. The van der Waals surface area contributed by atoms with Gasteiger partial charge in [0.1, 0.15) is 0 Å². The Labute approximate surface area is 115 Å². The number of amides is 3. The van der Waals surface area contributed by atoms with Crippen molar-refractivity contribution in [2.45, 2.75) is 32.1 Å². The van der Waals surface area contributed by atoms with Gasteiger partial charge in [0, 0.05) is 10.9 Å². The minimum absolute atomic E-state index is 0.113. The Bertz CT molecular complexity index is 418. The van der Waals surface area contributed by atoms with Gasteiger partial charge in [-0.15, -0.1) is 0 Å². The highest BCUT2D eigenvalue weighted by molar-refractivity contribution is 9.10. The number of urea groups is 1. The van der Waals surface area contributed by atoms with Crippen molar-refractivity contribution in [1.29, 1.82) is 0 Å². The van der Waals surface area contributed by atoms with Gasteiger partial charge in [-0.25, -0.2) is 4.79 Å². The number of hydrogen-bond acceptors (Lipinski definition) is 2. The van der Waals surface area contributed by atoms with Gasteiger partial charge < -0.3 is 5.73 Å². The second kappa shape index (κ2) is 7.16. The Kier molecular flexibility index (Phi) is 5.85. The Morgan fingerprint density at radius 3 is 2.44 bits per heavy atom. The Morgan fingerprint density at radius 2 is 1.94 bits per heavy atom. The van der Waals surface area contributed by atoms with Crippen LogP contribution in [0.3, 0.4) is 0 Å². The van der Waals surface area contributed by atoms with Crippen molar-refractivity contribution in [3.8, 4) is 0 Å². The summed E-state index contributed by atoms with van der Waals surface area (Å²) in [5.41, 5.74) is 6.02. The van der Waals surface area contributed by atoms with E-state index in [1.54, 1.807) is 0 Å². The first-order valence-electron chi connectivity index (χ1n) is 5.87. The summed E-state index contributed by atoms with van der Waals surface area (Å²) < 4.78 is 1.00. The monoisotopic (exact) mass is 312 g/mol. The molecule has 18 heavy (non-hydrogen) atoms. The number of carbonyl (C=O) groups is 2. The van der Waals surface area contributed by atoms with Crippen LogP contribution >= 0.6 is 15.9 Å². The molecule has 0 spiro atoms. The fourth-order valence-corrected chi connectivity index (χ4v) is 2.15. The molecule has 1 rings (SSSR count). The number of carbonyl (C=O) groups excluding carboxylic acids is 2. The third-order valence-electron chi connectivity index (χ3n) is 2.67. The first-order valence-corrected chi connectivity index (χ1v) is 6.67. The van der Waals surface area contributed by atoms with Crippen molar-refractivity contribution >= 4 is 27.9 Å². The van der Waals surface area contributed by atoms with Gasteiger partial charge in [0.25, 0.3) is 0 Å². The van der Waals surface area contributed by atoms with Crippen molar-refractivity contribution in [2.24, 2.45) is 5.73 Å². The summed E-state index contributed by atoms with van der Waals surface area (Å²) in [6.45, 7) is 2.07. The molecule has 0 aliphatic rings. The third-order valence-corrected chi connectivity index (χ3v) is 3.20. The highest BCUT2D eigenvalue weighted by atomic mass is 79.9. The van der Waals surface area contributed by atoms with E-state index in [1.807, 2.05) is 24.3 Å². The Balaban J connectivity index is 2.73. The zero-order chi connectivity index (χ0) is 13.5. The number of nitrogens with two attached hydrogens (primary N) is 1. The second-order valence-corrected chi connectivity index (χ2v) is 5.07. The standard InChI is InChI=1S/C13H17BrN2O2/c1-2-3-10(8-12(17)16-13(15)18)9-4-6-11(14)7-5-9/h4-7,10H,2-3,8H2,1H3,(H3,15,16,17,18)/t10-/m0/s1. The van der Waals surface area contributed by atoms with E-state index in [9.17, 15) is 9.59 Å². The third kappa shape index (κ3) is 4.87. The molecule has 0 aliphatic carbocycles. The summed E-state index contributed by atoms with van der Waals surface area (Å²) in [5, 5.41) is 2.10. The minimum Gasteiger partial charge on any atom is -0.351 e. The topological polar surface area (TPSA) is 72.2 Å². The SMILES string of the molecule is CCC[C@@H](CC(=O)NC(N)=O)c1ccc(Br)cc1. The summed E-state index contributed by atoms with van der Waals surface area (Å²) in [6, 6.07) is 7.07. The van der Waals surface area contributed by atoms with Crippen LogP contribution in [0.15, 0.2) is 28.7 Å². The summed E-state index contributed by atoms with van der Waals surface area (Å²) in [5.74, 6) is -0.216.